The predicted molar refractivity (Wildman–Crippen MR) is 89.3 cm³/mol. The Morgan fingerprint density at radius 2 is 2.00 bits per heavy atom. The minimum absolute atomic E-state index is 0.212. The Hall–Kier alpha value is -1.69. The molecule has 108 valence electrons. The van der Waals surface area contributed by atoms with Gasteiger partial charge in [-0.25, -0.2) is 0 Å². The molecule has 0 aliphatic rings. The molecule has 0 saturated heterocycles. The highest BCUT2D eigenvalue weighted by atomic mass is 35.5. The van der Waals surface area contributed by atoms with Gasteiger partial charge in [0.05, 0.1) is 15.7 Å². The van der Waals surface area contributed by atoms with Crippen molar-refractivity contribution in [3.63, 3.8) is 0 Å². The molecule has 0 bridgehead atoms. The lowest BCUT2D eigenvalue weighted by atomic mass is 10.2. The first-order valence-electron chi connectivity index (χ1n) is 5.92. The standard InChI is InChI=1S/C14H11Cl2N3OS/c1-7-2-4-9(15)12(11(7)16)19-14(20)10-5-3-8(6-18-10)13(17)21/h2-6H,1H3,(H2,17,21)(H,19,20). The quantitative estimate of drug-likeness (QED) is 0.838. The Balaban J connectivity index is 2.26. The van der Waals surface area contributed by atoms with Crippen molar-refractivity contribution >= 4 is 52.0 Å². The van der Waals surface area contributed by atoms with Crippen LogP contribution < -0.4 is 11.1 Å². The molecule has 2 aromatic rings. The van der Waals surface area contributed by atoms with Crippen LogP contribution in [0.25, 0.3) is 0 Å². The number of pyridine rings is 1. The van der Waals surface area contributed by atoms with E-state index in [1.807, 2.05) is 6.92 Å². The Morgan fingerprint density at radius 1 is 1.29 bits per heavy atom. The van der Waals surface area contributed by atoms with Gasteiger partial charge in [-0.2, -0.15) is 0 Å². The van der Waals surface area contributed by atoms with Crippen molar-refractivity contribution in [3.05, 3.63) is 57.3 Å². The van der Waals surface area contributed by atoms with Gasteiger partial charge in [-0.15, -0.1) is 0 Å². The van der Waals surface area contributed by atoms with E-state index in [9.17, 15) is 4.79 Å². The number of nitrogens with one attached hydrogen (secondary N) is 1. The minimum Gasteiger partial charge on any atom is -0.389 e. The van der Waals surface area contributed by atoms with Crippen LogP contribution in [0.5, 0.6) is 0 Å². The molecule has 2 rings (SSSR count). The van der Waals surface area contributed by atoms with Crippen LogP contribution >= 0.6 is 35.4 Å². The van der Waals surface area contributed by atoms with Crippen LogP contribution in [0.4, 0.5) is 5.69 Å². The van der Waals surface area contributed by atoms with Crippen molar-refractivity contribution in [2.75, 3.05) is 5.32 Å². The highest BCUT2D eigenvalue weighted by Crippen LogP contribution is 2.33. The number of aryl methyl sites for hydroxylation is 1. The first-order chi connectivity index (χ1) is 9.90. The number of carbonyl (C=O) groups excluding carboxylic acids is 1. The number of thiocarbonyl (C=S) groups is 1. The number of hydrogen-bond acceptors (Lipinski definition) is 3. The van der Waals surface area contributed by atoms with Gasteiger partial charge in [-0.3, -0.25) is 9.78 Å². The number of nitrogens with zero attached hydrogens (tertiary/aromatic N) is 1. The number of rotatable bonds is 3. The van der Waals surface area contributed by atoms with Gasteiger partial charge in [-0.05, 0) is 30.7 Å². The zero-order valence-corrected chi connectivity index (χ0v) is 13.3. The average Bonchev–Trinajstić information content (AvgIpc) is 2.47. The second-order valence-electron chi connectivity index (χ2n) is 4.30. The van der Waals surface area contributed by atoms with Crippen molar-refractivity contribution in [1.82, 2.24) is 4.98 Å². The second kappa shape index (κ2) is 6.39. The van der Waals surface area contributed by atoms with Gasteiger partial charge in [0, 0.05) is 11.8 Å². The van der Waals surface area contributed by atoms with Gasteiger partial charge in [0.25, 0.3) is 5.91 Å². The number of hydrogen-bond donors (Lipinski definition) is 2. The molecular formula is C14H11Cl2N3OS. The lowest BCUT2D eigenvalue weighted by Gasteiger charge is -2.11. The van der Waals surface area contributed by atoms with E-state index in [2.05, 4.69) is 10.3 Å². The van der Waals surface area contributed by atoms with Gasteiger partial charge >= 0.3 is 0 Å². The largest absolute Gasteiger partial charge is 0.389 e. The van der Waals surface area contributed by atoms with Crippen LogP contribution in [-0.2, 0) is 0 Å². The second-order valence-corrected chi connectivity index (χ2v) is 5.53. The van der Waals surface area contributed by atoms with Gasteiger partial charge < -0.3 is 11.1 Å². The Bertz CT molecular complexity index is 717. The normalized spacial score (nSPS) is 10.2. The third-order valence-corrected chi connectivity index (χ3v) is 3.84. The summed E-state index contributed by atoms with van der Waals surface area (Å²) < 4.78 is 0. The monoisotopic (exact) mass is 339 g/mol. The zero-order valence-electron chi connectivity index (χ0n) is 11.0. The first kappa shape index (κ1) is 15.7. The summed E-state index contributed by atoms with van der Waals surface area (Å²) in [6.45, 7) is 1.82. The van der Waals surface area contributed by atoms with Crippen molar-refractivity contribution in [1.29, 1.82) is 0 Å². The third kappa shape index (κ3) is 3.50. The molecule has 0 aliphatic heterocycles. The van der Waals surface area contributed by atoms with E-state index in [0.717, 1.165) is 5.56 Å². The van der Waals surface area contributed by atoms with Gasteiger partial charge in [0.15, 0.2) is 0 Å². The molecule has 0 atom stereocenters. The molecule has 0 fully saturated rings. The summed E-state index contributed by atoms with van der Waals surface area (Å²) in [4.78, 5) is 16.4. The number of carbonyl (C=O) groups is 1. The minimum atomic E-state index is -0.418. The smallest absolute Gasteiger partial charge is 0.274 e. The summed E-state index contributed by atoms with van der Waals surface area (Å²) in [5, 5.41) is 3.41. The molecule has 0 saturated carbocycles. The van der Waals surface area contributed by atoms with E-state index in [0.29, 0.717) is 21.3 Å². The van der Waals surface area contributed by atoms with Crippen LogP contribution in [-0.4, -0.2) is 15.9 Å². The molecule has 1 aromatic heterocycles. The molecule has 0 aliphatic carbocycles. The Labute approximate surface area is 137 Å². The van der Waals surface area contributed by atoms with E-state index in [4.69, 9.17) is 41.2 Å². The first-order valence-corrected chi connectivity index (χ1v) is 7.08. The highest BCUT2D eigenvalue weighted by molar-refractivity contribution is 7.80. The Morgan fingerprint density at radius 3 is 2.57 bits per heavy atom. The van der Waals surface area contributed by atoms with Crippen LogP contribution in [0, 0.1) is 6.92 Å². The summed E-state index contributed by atoms with van der Waals surface area (Å²) in [6, 6.07) is 6.60. The van der Waals surface area contributed by atoms with Crippen molar-refractivity contribution < 1.29 is 4.79 Å². The fourth-order valence-corrected chi connectivity index (χ4v) is 2.21. The maximum Gasteiger partial charge on any atom is 0.274 e. The maximum absolute atomic E-state index is 12.2. The summed E-state index contributed by atoms with van der Waals surface area (Å²) in [5.41, 5.74) is 7.46. The number of anilines is 1. The molecule has 1 amide bonds. The van der Waals surface area contributed by atoms with Crippen LogP contribution in [0.3, 0.4) is 0 Å². The number of amides is 1. The number of nitrogens with two attached hydrogens (primary N) is 1. The topological polar surface area (TPSA) is 68.0 Å². The van der Waals surface area contributed by atoms with Crippen LogP contribution in [0.1, 0.15) is 21.6 Å². The zero-order chi connectivity index (χ0) is 15.6. The van der Waals surface area contributed by atoms with Crippen LogP contribution in [0.15, 0.2) is 30.5 Å². The van der Waals surface area contributed by atoms with E-state index in [1.54, 1.807) is 18.2 Å². The molecule has 0 unspecified atom stereocenters. The van der Waals surface area contributed by atoms with E-state index in [1.165, 1.54) is 12.3 Å². The summed E-state index contributed by atoms with van der Waals surface area (Å²) >= 11 is 17.0. The molecule has 21 heavy (non-hydrogen) atoms. The SMILES string of the molecule is Cc1ccc(Cl)c(NC(=O)c2ccc(C(N)=S)cn2)c1Cl. The van der Waals surface area contributed by atoms with Crippen molar-refractivity contribution in [2.45, 2.75) is 6.92 Å². The van der Waals surface area contributed by atoms with Gasteiger partial charge in [-0.1, -0.05) is 41.5 Å². The maximum atomic E-state index is 12.2. The molecule has 7 heteroatoms. The molecule has 3 N–H and O–H groups in total. The molecule has 1 heterocycles. The number of benzene rings is 1. The van der Waals surface area contributed by atoms with Crippen LogP contribution in [0.2, 0.25) is 10.0 Å². The van der Waals surface area contributed by atoms with E-state index < -0.39 is 5.91 Å². The lowest BCUT2D eigenvalue weighted by molar-refractivity contribution is 0.102. The van der Waals surface area contributed by atoms with Crippen molar-refractivity contribution in [2.24, 2.45) is 5.73 Å². The molecule has 1 aromatic carbocycles. The summed E-state index contributed by atoms with van der Waals surface area (Å²) in [5.74, 6) is -0.418. The van der Waals surface area contributed by atoms with Gasteiger partial charge in [0.2, 0.25) is 0 Å². The Kier molecular flexibility index (Phi) is 4.77. The fraction of sp³-hybridized carbons (Fsp3) is 0.0714. The van der Waals surface area contributed by atoms with E-state index in [-0.39, 0.29) is 10.7 Å². The third-order valence-electron chi connectivity index (χ3n) is 2.80. The number of halogens is 2. The fourth-order valence-electron chi connectivity index (χ4n) is 1.62. The van der Waals surface area contributed by atoms with Gasteiger partial charge in [0.1, 0.15) is 10.7 Å². The number of aromatic nitrogens is 1. The highest BCUT2D eigenvalue weighted by Gasteiger charge is 2.14. The molecule has 0 radical (unpaired) electrons. The molecular weight excluding hydrogens is 329 g/mol. The average molecular weight is 340 g/mol. The van der Waals surface area contributed by atoms with Crippen molar-refractivity contribution in [3.8, 4) is 0 Å². The van der Waals surface area contributed by atoms with E-state index >= 15 is 0 Å². The molecule has 4 nitrogen and oxygen atoms in total. The predicted octanol–water partition coefficient (Wildman–Crippen LogP) is 3.58. The summed E-state index contributed by atoms with van der Waals surface area (Å²) in [6.07, 6.45) is 1.44. The lowest BCUT2D eigenvalue weighted by Crippen LogP contribution is -2.16. The summed E-state index contributed by atoms with van der Waals surface area (Å²) in [7, 11) is 0. The molecule has 0 spiro atoms.